The van der Waals surface area contributed by atoms with Crippen LogP contribution in [0.5, 0.6) is 0 Å². The van der Waals surface area contributed by atoms with E-state index in [0.717, 1.165) is 25.7 Å². The maximum absolute atomic E-state index is 12.1. The van der Waals surface area contributed by atoms with Crippen molar-refractivity contribution in [2.75, 3.05) is 6.54 Å². The Labute approximate surface area is 109 Å². The quantitative estimate of drug-likeness (QED) is 0.810. The van der Waals surface area contributed by atoms with Gasteiger partial charge in [0.15, 0.2) is 0 Å². The zero-order valence-electron chi connectivity index (χ0n) is 11.9. The van der Waals surface area contributed by atoms with E-state index in [1.165, 1.54) is 0 Å². The molecule has 0 aliphatic heterocycles. The molecule has 0 saturated heterocycles. The molecule has 4 heteroatoms. The van der Waals surface area contributed by atoms with Gasteiger partial charge in [0.1, 0.15) is 0 Å². The van der Waals surface area contributed by atoms with Crippen LogP contribution in [-0.2, 0) is 9.59 Å². The molecule has 2 N–H and O–H groups in total. The molecule has 1 atom stereocenters. The summed E-state index contributed by atoms with van der Waals surface area (Å²) in [6.45, 7) is 7.82. The predicted octanol–water partition coefficient (Wildman–Crippen LogP) is 2.43. The topological polar surface area (TPSA) is 66.4 Å². The van der Waals surface area contributed by atoms with Crippen LogP contribution in [0.3, 0.4) is 0 Å². The van der Waals surface area contributed by atoms with E-state index in [9.17, 15) is 9.59 Å². The van der Waals surface area contributed by atoms with Crippen molar-refractivity contribution in [3.63, 3.8) is 0 Å². The maximum atomic E-state index is 12.1. The van der Waals surface area contributed by atoms with Crippen molar-refractivity contribution >= 4 is 11.9 Å². The molecule has 0 heterocycles. The van der Waals surface area contributed by atoms with Crippen LogP contribution >= 0.6 is 0 Å². The molecule has 1 amide bonds. The Morgan fingerprint density at radius 2 is 2.00 bits per heavy atom. The average Bonchev–Trinajstić information content (AvgIpc) is 2.24. The summed E-state index contributed by atoms with van der Waals surface area (Å²) in [5, 5.41) is 11.8. The highest BCUT2D eigenvalue weighted by molar-refractivity contribution is 5.80. The molecule has 104 valence electrons. The molecule has 18 heavy (non-hydrogen) atoms. The highest BCUT2D eigenvalue weighted by atomic mass is 16.4. The van der Waals surface area contributed by atoms with E-state index < -0.39 is 11.4 Å². The molecule has 4 nitrogen and oxygen atoms in total. The molecule has 1 saturated carbocycles. The number of rotatable bonds is 4. The molecular formula is C14H25NO3. The summed E-state index contributed by atoms with van der Waals surface area (Å²) >= 11 is 0. The van der Waals surface area contributed by atoms with E-state index in [-0.39, 0.29) is 23.8 Å². The third-order valence-electron chi connectivity index (χ3n) is 3.86. The Balaban J connectivity index is 2.49. The molecule has 0 aromatic rings. The van der Waals surface area contributed by atoms with Crippen molar-refractivity contribution in [3.8, 4) is 0 Å². The summed E-state index contributed by atoms with van der Waals surface area (Å²) < 4.78 is 0. The smallest absolute Gasteiger partial charge is 0.310 e. The molecule has 0 aromatic carbocycles. The third-order valence-corrected chi connectivity index (χ3v) is 3.86. The van der Waals surface area contributed by atoms with Crippen LogP contribution in [0.15, 0.2) is 0 Å². The summed E-state index contributed by atoms with van der Waals surface area (Å²) in [5.74, 6) is -0.831. The van der Waals surface area contributed by atoms with Gasteiger partial charge in [-0.3, -0.25) is 9.59 Å². The van der Waals surface area contributed by atoms with Crippen LogP contribution in [-0.4, -0.2) is 23.5 Å². The van der Waals surface area contributed by atoms with Gasteiger partial charge in [0, 0.05) is 12.5 Å². The first kappa shape index (κ1) is 15.0. The first-order chi connectivity index (χ1) is 8.14. The van der Waals surface area contributed by atoms with Crippen LogP contribution < -0.4 is 5.32 Å². The second-order valence-electron chi connectivity index (χ2n) is 6.86. The number of hydrogen-bond donors (Lipinski definition) is 2. The van der Waals surface area contributed by atoms with Gasteiger partial charge in [-0.1, -0.05) is 20.3 Å². The lowest BCUT2D eigenvalue weighted by molar-refractivity contribution is -0.147. The van der Waals surface area contributed by atoms with Gasteiger partial charge in [-0.05, 0) is 38.5 Å². The van der Waals surface area contributed by atoms with Crippen LogP contribution in [0.4, 0.5) is 0 Å². The van der Waals surface area contributed by atoms with Gasteiger partial charge in [0.05, 0.1) is 5.41 Å². The molecule has 1 fully saturated rings. The Hall–Kier alpha value is -1.06. The number of nitrogens with one attached hydrogen (secondary N) is 1. The first-order valence-electron chi connectivity index (χ1n) is 6.65. The molecule has 0 radical (unpaired) electrons. The Bertz CT molecular complexity index is 334. The van der Waals surface area contributed by atoms with Crippen LogP contribution in [0, 0.1) is 16.7 Å². The number of carbonyl (C=O) groups excluding carboxylic acids is 1. The fourth-order valence-electron chi connectivity index (χ4n) is 2.45. The summed E-state index contributed by atoms with van der Waals surface area (Å²) in [6, 6.07) is 0. The zero-order chi connectivity index (χ0) is 14.0. The van der Waals surface area contributed by atoms with Gasteiger partial charge in [-0.25, -0.2) is 0 Å². The van der Waals surface area contributed by atoms with E-state index in [0.29, 0.717) is 0 Å². The number of aliphatic carboxylic acids is 1. The SMILES string of the molecule is CC1(C)CCCC(C(=O)NCC(C)(C)C(=O)O)C1. The third kappa shape index (κ3) is 4.00. The number of carbonyl (C=O) groups is 2. The molecular weight excluding hydrogens is 230 g/mol. The van der Waals surface area contributed by atoms with Crippen molar-refractivity contribution in [2.45, 2.75) is 53.4 Å². The largest absolute Gasteiger partial charge is 0.481 e. The molecule has 1 unspecified atom stereocenters. The van der Waals surface area contributed by atoms with Gasteiger partial charge in [0.25, 0.3) is 0 Å². The molecule has 0 spiro atoms. The minimum absolute atomic E-state index is 0.0112. The Morgan fingerprint density at radius 3 is 2.50 bits per heavy atom. The van der Waals surface area contributed by atoms with Crippen LogP contribution in [0.1, 0.15) is 53.4 Å². The molecule has 1 rings (SSSR count). The second kappa shape index (κ2) is 5.29. The normalized spacial score (nSPS) is 23.4. The zero-order valence-corrected chi connectivity index (χ0v) is 11.9. The second-order valence-corrected chi connectivity index (χ2v) is 6.86. The van der Waals surface area contributed by atoms with Crippen molar-refractivity contribution in [1.82, 2.24) is 5.32 Å². The van der Waals surface area contributed by atoms with E-state index in [4.69, 9.17) is 5.11 Å². The average molecular weight is 255 g/mol. The molecule has 1 aliphatic carbocycles. The highest BCUT2D eigenvalue weighted by Gasteiger charge is 2.33. The van der Waals surface area contributed by atoms with E-state index in [1.807, 2.05) is 0 Å². The lowest BCUT2D eigenvalue weighted by atomic mass is 9.72. The number of hydrogen-bond acceptors (Lipinski definition) is 2. The van der Waals surface area contributed by atoms with Gasteiger partial charge in [-0.15, -0.1) is 0 Å². The van der Waals surface area contributed by atoms with Gasteiger partial charge < -0.3 is 10.4 Å². The van der Waals surface area contributed by atoms with Crippen LogP contribution in [0.2, 0.25) is 0 Å². The van der Waals surface area contributed by atoms with Gasteiger partial charge in [0.2, 0.25) is 5.91 Å². The van der Waals surface area contributed by atoms with E-state index in [1.54, 1.807) is 13.8 Å². The minimum atomic E-state index is -0.903. The fraction of sp³-hybridized carbons (Fsp3) is 0.857. The van der Waals surface area contributed by atoms with Crippen molar-refractivity contribution in [3.05, 3.63) is 0 Å². The Morgan fingerprint density at radius 1 is 1.39 bits per heavy atom. The van der Waals surface area contributed by atoms with Gasteiger partial charge >= 0.3 is 5.97 Å². The van der Waals surface area contributed by atoms with E-state index in [2.05, 4.69) is 19.2 Å². The standard InChI is InChI=1S/C14H25NO3/c1-13(2)7-5-6-10(8-13)11(16)15-9-14(3,4)12(17)18/h10H,5-9H2,1-4H3,(H,15,16)(H,17,18). The number of carboxylic acid groups (broad SMARTS) is 1. The molecule has 0 aromatic heterocycles. The fourth-order valence-corrected chi connectivity index (χ4v) is 2.45. The molecule has 0 bridgehead atoms. The Kier molecular flexibility index (Phi) is 4.41. The summed E-state index contributed by atoms with van der Waals surface area (Å²) in [6.07, 6.45) is 4.06. The number of amides is 1. The minimum Gasteiger partial charge on any atom is -0.481 e. The summed E-state index contributed by atoms with van der Waals surface area (Å²) in [5.41, 5.74) is -0.678. The number of carboxylic acids is 1. The van der Waals surface area contributed by atoms with Gasteiger partial charge in [-0.2, -0.15) is 0 Å². The van der Waals surface area contributed by atoms with Crippen LogP contribution in [0.25, 0.3) is 0 Å². The molecule has 1 aliphatic rings. The van der Waals surface area contributed by atoms with Crippen molar-refractivity contribution in [1.29, 1.82) is 0 Å². The maximum Gasteiger partial charge on any atom is 0.310 e. The highest BCUT2D eigenvalue weighted by Crippen LogP contribution is 2.38. The van der Waals surface area contributed by atoms with E-state index >= 15 is 0 Å². The lowest BCUT2D eigenvalue weighted by Crippen LogP contribution is -2.43. The van der Waals surface area contributed by atoms with Crippen molar-refractivity contribution < 1.29 is 14.7 Å². The predicted molar refractivity (Wildman–Crippen MR) is 70.2 cm³/mol. The first-order valence-corrected chi connectivity index (χ1v) is 6.65. The monoisotopic (exact) mass is 255 g/mol. The lowest BCUT2D eigenvalue weighted by Gasteiger charge is -2.34. The summed E-state index contributed by atoms with van der Waals surface area (Å²) in [7, 11) is 0. The summed E-state index contributed by atoms with van der Waals surface area (Å²) in [4.78, 5) is 23.0. The van der Waals surface area contributed by atoms with Crippen molar-refractivity contribution in [2.24, 2.45) is 16.7 Å².